The Kier molecular flexibility index (Phi) is 4.31. The Morgan fingerprint density at radius 3 is 2.89 bits per heavy atom. The maximum Gasteiger partial charge on any atom is 0.255 e. The van der Waals surface area contributed by atoms with Gasteiger partial charge < -0.3 is 4.90 Å². The highest BCUT2D eigenvalue weighted by Crippen LogP contribution is 2.31. The van der Waals surface area contributed by atoms with Gasteiger partial charge in [-0.15, -0.1) is 6.42 Å². The summed E-state index contributed by atoms with van der Waals surface area (Å²) in [6.45, 7) is 1.08. The molecule has 4 heteroatoms. The first kappa shape index (κ1) is 13.5. The van der Waals surface area contributed by atoms with Crippen LogP contribution in [-0.2, 0) is 0 Å². The maximum absolute atomic E-state index is 12.4. The summed E-state index contributed by atoms with van der Waals surface area (Å²) in [6.07, 6.45) is 7.70. The molecule has 0 aromatic heterocycles. The quantitative estimate of drug-likeness (QED) is 0.774. The highest BCUT2D eigenvalue weighted by atomic mass is 79.9. The van der Waals surface area contributed by atoms with Gasteiger partial charge in [0, 0.05) is 16.0 Å². The molecule has 0 aliphatic heterocycles. The highest BCUT2D eigenvalue weighted by Gasteiger charge is 2.27. The highest BCUT2D eigenvalue weighted by molar-refractivity contribution is 9.10. The van der Waals surface area contributed by atoms with Crippen LogP contribution in [0.5, 0.6) is 0 Å². The summed E-state index contributed by atoms with van der Waals surface area (Å²) in [5.41, 5.74) is 0.568. The van der Waals surface area contributed by atoms with Crippen molar-refractivity contribution in [3.8, 4) is 12.3 Å². The van der Waals surface area contributed by atoms with Gasteiger partial charge in [-0.25, -0.2) is 0 Å². The van der Waals surface area contributed by atoms with Crippen molar-refractivity contribution >= 4 is 33.4 Å². The SMILES string of the molecule is C#CCN(CC1CC1)C(=O)c1cc(Cl)ccc1Br. The number of hydrogen-bond acceptors (Lipinski definition) is 1. The largest absolute Gasteiger partial charge is 0.327 e. The van der Waals surface area contributed by atoms with E-state index in [0.717, 1.165) is 11.0 Å². The zero-order valence-corrected chi connectivity index (χ0v) is 12.2. The second-order valence-electron chi connectivity index (χ2n) is 4.46. The van der Waals surface area contributed by atoms with E-state index in [2.05, 4.69) is 21.9 Å². The standard InChI is InChI=1S/C14H13BrClNO/c1-2-7-17(9-10-3-4-10)14(18)12-8-11(16)5-6-13(12)15/h1,5-6,8,10H,3-4,7,9H2. The average Bonchev–Trinajstić information content (AvgIpc) is 3.15. The van der Waals surface area contributed by atoms with E-state index in [1.165, 1.54) is 12.8 Å². The Morgan fingerprint density at radius 2 is 2.28 bits per heavy atom. The molecule has 0 saturated heterocycles. The Morgan fingerprint density at radius 1 is 1.56 bits per heavy atom. The summed E-state index contributed by atoms with van der Waals surface area (Å²) in [7, 11) is 0. The molecule has 2 nitrogen and oxygen atoms in total. The van der Waals surface area contributed by atoms with Crippen LogP contribution in [0.2, 0.25) is 5.02 Å². The van der Waals surface area contributed by atoms with Crippen LogP contribution in [0.15, 0.2) is 22.7 Å². The average molecular weight is 327 g/mol. The maximum atomic E-state index is 12.4. The Hall–Kier alpha value is -0.980. The summed E-state index contributed by atoms with van der Waals surface area (Å²) in [5, 5.41) is 0.550. The van der Waals surface area contributed by atoms with E-state index in [4.69, 9.17) is 18.0 Å². The van der Waals surface area contributed by atoms with Crippen LogP contribution >= 0.6 is 27.5 Å². The van der Waals surface area contributed by atoms with Crippen molar-refractivity contribution in [3.63, 3.8) is 0 Å². The van der Waals surface area contributed by atoms with Crippen molar-refractivity contribution in [2.75, 3.05) is 13.1 Å². The van der Waals surface area contributed by atoms with E-state index in [1.54, 1.807) is 23.1 Å². The first-order valence-electron chi connectivity index (χ1n) is 5.79. The van der Waals surface area contributed by atoms with Crippen LogP contribution in [0.4, 0.5) is 0 Å². The van der Waals surface area contributed by atoms with E-state index in [-0.39, 0.29) is 5.91 Å². The van der Waals surface area contributed by atoms with Crippen LogP contribution in [-0.4, -0.2) is 23.9 Å². The molecule has 94 valence electrons. The molecule has 1 aromatic rings. The summed E-state index contributed by atoms with van der Waals surface area (Å²) in [5.74, 6) is 3.09. The summed E-state index contributed by atoms with van der Waals surface area (Å²) in [4.78, 5) is 14.1. The van der Waals surface area contributed by atoms with Gasteiger partial charge in [0.2, 0.25) is 0 Å². The fourth-order valence-corrected chi connectivity index (χ4v) is 2.36. The lowest BCUT2D eigenvalue weighted by atomic mass is 10.2. The van der Waals surface area contributed by atoms with E-state index >= 15 is 0 Å². The van der Waals surface area contributed by atoms with Crippen molar-refractivity contribution in [1.29, 1.82) is 0 Å². The number of rotatable bonds is 4. The number of terminal acetylenes is 1. The van der Waals surface area contributed by atoms with Crippen molar-refractivity contribution in [2.24, 2.45) is 5.92 Å². The Balaban J connectivity index is 2.20. The molecule has 0 radical (unpaired) electrons. The lowest BCUT2D eigenvalue weighted by Crippen LogP contribution is -2.33. The second kappa shape index (κ2) is 5.77. The molecule has 1 amide bonds. The molecule has 1 aromatic carbocycles. The number of benzene rings is 1. The lowest BCUT2D eigenvalue weighted by molar-refractivity contribution is 0.0769. The summed E-state index contributed by atoms with van der Waals surface area (Å²) in [6, 6.07) is 5.19. The minimum Gasteiger partial charge on any atom is -0.327 e. The third-order valence-corrected chi connectivity index (χ3v) is 3.83. The zero-order chi connectivity index (χ0) is 13.1. The van der Waals surface area contributed by atoms with Gasteiger partial charge in [-0.05, 0) is 52.9 Å². The topological polar surface area (TPSA) is 20.3 Å². The predicted molar refractivity (Wildman–Crippen MR) is 76.6 cm³/mol. The molecular formula is C14H13BrClNO. The van der Waals surface area contributed by atoms with E-state index < -0.39 is 0 Å². The molecule has 1 saturated carbocycles. The molecule has 2 rings (SSSR count). The number of carbonyl (C=O) groups excluding carboxylic acids is 1. The molecule has 0 unspecified atom stereocenters. The Labute approximate surface area is 120 Å². The zero-order valence-electron chi connectivity index (χ0n) is 9.83. The van der Waals surface area contributed by atoms with Crippen molar-refractivity contribution in [3.05, 3.63) is 33.3 Å². The number of halogens is 2. The fourth-order valence-electron chi connectivity index (χ4n) is 1.77. The summed E-state index contributed by atoms with van der Waals surface area (Å²) >= 11 is 9.30. The molecule has 0 N–H and O–H groups in total. The third-order valence-electron chi connectivity index (χ3n) is 2.90. The van der Waals surface area contributed by atoms with Gasteiger partial charge in [0.15, 0.2) is 0 Å². The van der Waals surface area contributed by atoms with E-state index in [0.29, 0.717) is 23.0 Å². The van der Waals surface area contributed by atoms with E-state index in [1.807, 2.05) is 0 Å². The normalized spacial score (nSPS) is 14.1. The molecular weight excluding hydrogens is 314 g/mol. The van der Waals surface area contributed by atoms with Crippen molar-refractivity contribution in [2.45, 2.75) is 12.8 Å². The molecule has 18 heavy (non-hydrogen) atoms. The molecule has 1 aliphatic carbocycles. The van der Waals surface area contributed by atoms with Crippen molar-refractivity contribution < 1.29 is 4.79 Å². The van der Waals surface area contributed by atoms with Crippen LogP contribution in [0, 0.1) is 18.3 Å². The number of hydrogen-bond donors (Lipinski definition) is 0. The fraction of sp³-hybridized carbons (Fsp3) is 0.357. The van der Waals surface area contributed by atoms with Crippen LogP contribution in [0.3, 0.4) is 0 Å². The van der Waals surface area contributed by atoms with Crippen LogP contribution in [0.1, 0.15) is 23.2 Å². The Bertz CT molecular complexity index is 505. The predicted octanol–water partition coefficient (Wildman–Crippen LogP) is 3.59. The van der Waals surface area contributed by atoms with Crippen LogP contribution in [0.25, 0.3) is 0 Å². The second-order valence-corrected chi connectivity index (χ2v) is 5.75. The van der Waals surface area contributed by atoms with Crippen molar-refractivity contribution in [1.82, 2.24) is 4.90 Å². The first-order chi connectivity index (χ1) is 8.61. The first-order valence-corrected chi connectivity index (χ1v) is 6.96. The monoisotopic (exact) mass is 325 g/mol. The molecule has 0 heterocycles. The van der Waals surface area contributed by atoms with Gasteiger partial charge in [-0.3, -0.25) is 4.79 Å². The lowest BCUT2D eigenvalue weighted by Gasteiger charge is -2.20. The van der Waals surface area contributed by atoms with Crippen LogP contribution < -0.4 is 0 Å². The smallest absolute Gasteiger partial charge is 0.255 e. The van der Waals surface area contributed by atoms with Gasteiger partial charge in [0.1, 0.15) is 0 Å². The number of carbonyl (C=O) groups is 1. The van der Waals surface area contributed by atoms with Gasteiger partial charge >= 0.3 is 0 Å². The van der Waals surface area contributed by atoms with Gasteiger partial charge in [-0.2, -0.15) is 0 Å². The molecule has 0 bridgehead atoms. The minimum atomic E-state index is -0.0609. The molecule has 0 atom stereocenters. The van der Waals surface area contributed by atoms with Gasteiger partial charge in [-0.1, -0.05) is 17.5 Å². The van der Waals surface area contributed by atoms with E-state index in [9.17, 15) is 4.79 Å². The molecule has 1 aliphatic rings. The number of amides is 1. The summed E-state index contributed by atoms with van der Waals surface area (Å²) < 4.78 is 0.745. The van der Waals surface area contributed by atoms with Gasteiger partial charge in [0.25, 0.3) is 5.91 Å². The van der Waals surface area contributed by atoms with Gasteiger partial charge in [0.05, 0.1) is 12.1 Å². The molecule has 0 spiro atoms. The number of nitrogens with zero attached hydrogens (tertiary/aromatic N) is 1. The molecule has 1 fully saturated rings. The third kappa shape index (κ3) is 3.28. The minimum absolute atomic E-state index is 0.0609.